The van der Waals surface area contributed by atoms with Crippen LogP contribution >= 0.6 is 15.9 Å². The lowest BCUT2D eigenvalue weighted by Crippen LogP contribution is -2.23. The van der Waals surface area contributed by atoms with E-state index in [0.29, 0.717) is 17.9 Å². The minimum absolute atomic E-state index is 0.120. The molecule has 1 heterocycles. The highest BCUT2D eigenvalue weighted by Gasteiger charge is 2.21. The van der Waals surface area contributed by atoms with Crippen molar-refractivity contribution in [2.75, 3.05) is 23.9 Å². The summed E-state index contributed by atoms with van der Waals surface area (Å²) in [6, 6.07) is 12.9. The molecule has 6 heteroatoms. The largest absolute Gasteiger partial charge is 0.496 e. The maximum atomic E-state index is 12.2. The third-order valence-electron chi connectivity index (χ3n) is 4.10. The zero-order chi connectivity index (χ0) is 18.5. The molecule has 26 heavy (non-hydrogen) atoms. The van der Waals surface area contributed by atoms with Crippen LogP contribution in [-0.2, 0) is 9.59 Å². The van der Waals surface area contributed by atoms with Crippen LogP contribution in [-0.4, -0.2) is 25.5 Å². The Labute approximate surface area is 160 Å². The van der Waals surface area contributed by atoms with Crippen molar-refractivity contribution in [3.8, 4) is 5.75 Å². The highest BCUT2D eigenvalue weighted by atomic mass is 79.9. The number of hydrogen-bond acceptors (Lipinski definition) is 3. The van der Waals surface area contributed by atoms with Gasteiger partial charge in [0.15, 0.2) is 0 Å². The van der Waals surface area contributed by atoms with Crippen molar-refractivity contribution in [3.05, 3.63) is 58.6 Å². The molecule has 0 radical (unpaired) electrons. The van der Waals surface area contributed by atoms with E-state index in [9.17, 15) is 9.59 Å². The highest BCUT2D eigenvalue weighted by molar-refractivity contribution is 9.10. The van der Waals surface area contributed by atoms with Gasteiger partial charge in [0.1, 0.15) is 5.75 Å². The second-order valence-corrected chi connectivity index (χ2v) is 6.82. The van der Waals surface area contributed by atoms with Gasteiger partial charge in [0.2, 0.25) is 11.8 Å². The zero-order valence-electron chi connectivity index (χ0n) is 14.4. The molecule has 1 aliphatic heterocycles. The van der Waals surface area contributed by atoms with Crippen LogP contribution in [0.4, 0.5) is 11.4 Å². The van der Waals surface area contributed by atoms with Crippen LogP contribution in [0.3, 0.4) is 0 Å². The molecule has 0 spiro atoms. The first kappa shape index (κ1) is 18.2. The van der Waals surface area contributed by atoms with Gasteiger partial charge in [-0.25, -0.2) is 0 Å². The van der Waals surface area contributed by atoms with Crippen LogP contribution in [0.5, 0.6) is 5.75 Å². The predicted molar refractivity (Wildman–Crippen MR) is 106 cm³/mol. The van der Waals surface area contributed by atoms with E-state index in [1.54, 1.807) is 24.2 Å². The molecule has 5 nitrogen and oxygen atoms in total. The van der Waals surface area contributed by atoms with Crippen molar-refractivity contribution in [1.82, 2.24) is 0 Å². The smallest absolute Gasteiger partial charge is 0.248 e. The number of anilines is 2. The van der Waals surface area contributed by atoms with Crippen LogP contribution < -0.4 is 15.0 Å². The summed E-state index contributed by atoms with van der Waals surface area (Å²) in [7, 11) is 1.59. The molecule has 0 aromatic heterocycles. The van der Waals surface area contributed by atoms with Gasteiger partial charge in [0.25, 0.3) is 0 Å². The summed E-state index contributed by atoms with van der Waals surface area (Å²) in [6.45, 7) is 0.721. The Hall–Kier alpha value is -2.60. The molecular formula is C20H19BrN2O3. The number of carbonyl (C=O) groups excluding carboxylic acids is 2. The van der Waals surface area contributed by atoms with E-state index in [2.05, 4.69) is 21.2 Å². The number of nitrogens with zero attached hydrogens (tertiary/aromatic N) is 1. The first-order chi connectivity index (χ1) is 12.6. The molecule has 134 valence electrons. The van der Waals surface area contributed by atoms with Gasteiger partial charge < -0.3 is 15.0 Å². The van der Waals surface area contributed by atoms with Gasteiger partial charge in [-0.1, -0.05) is 22.0 Å². The van der Waals surface area contributed by atoms with Crippen molar-refractivity contribution >= 4 is 45.2 Å². The zero-order valence-corrected chi connectivity index (χ0v) is 16.0. The van der Waals surface area contributed by atoms with Crippen LogP contribution in [0.15, 0.2) is 53.0 Å². The fraction of sp³-hybridized carbons (Fsp3) is 0.200. The lowest BCUT2D eigenvalue weighted by atomic mass is 10.2. The van der Waals surface area contributed by atoms with Crippen LogP contribution in [0.1, 0.15) is 18.4 Å². The van der Waals surface area contributed by atoms with Crippen molar-refractivity contribution in [2.24, 2.45) is 0 Å². The topological polar surface area (TPSA) is 58.6 Å². The minimum atomic E-state index is -0.253. The molecule has 1 fully saturated rings. The minimum Gasteiger partial charge on any atom is -0.496 e. The van der Waals surface area contributed by atoms with E-state index < -0.39 is 0 Å². The van der Waals surface area contributed by atoms with Gasteiger partial charge in [0, 0.05) is 40.5 Å². The number of hydrogen-bond donors (Lipinski definition) is 1. The second kappa shape index (κ2) is 8.19. The lowest BCUT2D eigenvalue weighted by molar-refractivity contribution is -0.117. The number of benzene rings is 2. The molecular weight excluding hydrogens is 396 g/mol. The van der Waals surface area contributed by atoms with Crippen LogP contribution in [0.2, 0.25) is 0 Å². The van der Waals surface area contributed by atoms with Gasteiger partial charge in [-0.3, -0.25) is 9.59 Å². The second-order valence-electron chi connectivity index (χ2n) is 5.91. The van der Waals surface area contributed by atoms with Gasteiger partial charge in [-0.2, -0.15) is 0 Å². The highest BCUT2D eigenvalue weighted by Crippen LogP contribution is 2.25. The lowest BCUT2D eigenvalue weighted by Gasteiger charge is -2.16. The number of nitrogens with one attached hydrogen (secondary N) is 1. The molecule has 0 saturated carbocycles. The number of rotatable bonds is 5. The molecule has 2 aromatic rings. The Morgan fingerprint density at radius 2 is 2.12 bits per heavy atom. The van der Waals surface area contributed by atoms with Crippen molar-refractivity contribution in [1.29, 1.82) is 0 Å². The third-order valence-corrected chi connectivity index (χ3v) is 4.60. The first-order valence-electron chi connectivity index (χ1n) is 8.30. The fourth-order valence-electron chi connectivity index (χ4n) is 2.86. The molecule has 0 atom stereocenters. The van der Waals surface area contributed by atoms with E-state index in [4.69, 9.17) is 4.74 Å². The number of ether oxygens (including phenoxy) is 1. The third kappa shape index (κ3) is 4.32. The summed E-state index contributed by atoms with van der Waals surface area (Å²) in [4.78, 5) is 25.9. The number of methoxy groups -OCH3 is 1. The van der Waals surface area contributed by atoms with Crippen LogP contribution in [0.25, 0.3) is 6.08 Å². The molecule has 0 bridgehead atoms. The van der Waals surface area contributed by atoms with Gasteiger partial charge in [0.05, 0.1) is 7.11 Å². The maximum Gasteiger partial charge on any atom is 0.248 e. The predicted octanol–water partition coefficient (Wildman–Crippen LogP) is 4.24. The average Bonchev–Trinajstić information content (AvgIpc) is 3.06. The first-order valence-corrected chi connectivity index (χ1v) is 9.09. The van der Waals surface area contributed by atoms with Crippen molar-refractivity contribution < 1.29 is 14.3 Å². The Morgan fingerprint density at radius 3 is 2.85 bits per heavy atom. The molecule has 0 unspecified atom stereocenters. The molecule has 2 aromatic carbocycles. The fourth-order valence-corrected chi connectivity index (χ4v) is 3.24. The summed E-state index contributed by atoms with van der Waals surface area (Å²) < 4.78 is 6.20. The molecule has 1 N–H and O–H groups in total. The van der Waals surface area contributed by atoms with E-state index in [1.807, 2.05) is 36.4 Å². The van der Waals surface area contributed by atoms with Crippen LogP contribution in [0, 0.1) is 0 Å². The molecule has 0 aliphatic carbocycles. The molecule has 1 aliphatic rings. The number of carbonyl (C=O) groups is 2. The molecule has 1 saturated heterocycles. The van der Waals surface area contributed by atoms with Gasteiger partial charge in [-0.05, 0) is 48.9 Å². The van der Waals surface area contributed by atoms with E-state index in [0.717, 1.165) is 28.7 Å². The van der Waals surface area contributed by atoms with E-state index in [1.165, 1.54) is 6.08 Å². The van der Waals surface area contributed by atoms with Crippen molar-refractivity contribution in [3.63, 3.8) is 0 Å². The van der Waals surface area contributed by atoms with Gasteiger partial charge >= 0.3 is 0 Å². The Bertz CT molecular complexity index is 864. The number of amides is 2. The summed E-state index contributed by atoms with van der Waals surface area (Å²) in [5.74, 6) is 0.554. The Balaban J connectivity index is 1.70. The monoisotopic (exact) mass is 414 g/mol. The maximum absolute atomic E-state index is 12.2. The number of halogens is 1. The molecule has 3 rings (SSSR count). The van der Waals surface area contributed by atoms with E-state index >= 15 is 0 Å². The Kier molecular flexibility index (Phi) is 5.73. The normalized spacial score (nSPS) is 14.1. The standard InChI is InChI=1S/C20H19BrN2O3/c1-26-18-9-8-15(21)12-14(18)7-10-19(24)22-16-4-2-5-17(13-16)23-11-3-6-20(23)25/h2,4-5,7-10,12-13H,3,6,11H2,1H3,(H,22,24)/b10-7+. The Morgan fingerprint density at radius 1 is 1.27 bits per heavy atom. The summed E-state index contributed by atoms with van der Waals surface area (Å²) in [5, 5.41) is 2.83. The summed E-state index contributed by atoms with van der Waals surface area (Å²) >= 11 is 3.41. The molecule has 2 amide bonds. The summed E-state index contributed by atoms with van der Waals surface area (Å²) in [6.07, 6.45) is 4.60. The SMILES string of the molecule is COc1ccc(Br)cc1/C=C/C(=O)Nc1cccc(N2CCCC2=O)c1. The quantitative estimate of drug-likeness (QED) is 0.744. The van der Waals surface area contributed by atoms with E-state index in [-0.39, 0.29) is 11.8 Å². The average molecular weight is 415 g/mol. The summed E-state index contributed by atoms with van der Waals surface area (Å²) in [5.41, 5.74) is 2.26. The van der Waals surface area contributed by atoms with Crippen molar-refractivity contribution in [2.45, 2.75) is 12.8 Å². The van der Waals surface area contributed by atoms with Gasteiger partial charge in [-0.15, -0.1) is 0 Å².